The number of anilines is 1. The number of halogens is 3. The van der Waals surface area contributed by atoms with Gasteiger partial charge in [0.1, 0.15) is 17.5 Å². The van der Waals surface area contributed by atoms with E-state index in [-0.39, 0.29) is 34.0 Å². The van der Waals surface area contributed by atoms with Crippen LogP contribution in [0.3, 0.4) is 0 Å². The number of hydrogen-bond acceptors (Lipinski definition) is 4. The average molecular weight is 478 g/mol. The lowest BCUT2D eigenvalue weighted by Crippen LogP contribution is -2.31. The highest BCUT2D eigenvalue weighted by Crippen LogP contribution is 2.36. The van der Waals surface area contributed by atoms with Crippen molar-refractivity contribution in [3.05, 3.63) is 85.6 Å². The van der Waals surface area contributed by atoms with E-state index in [1.54, 1.807) is 24.3 Å². The fourth-order valence-electron chi connectivity index (χ4n) is 3.17. The summed E-state index contributed by atoms with van der Waals surface area (Å²) >= 11 is 4.41. The summed E-state index contributed by atoms with van der Waals surface area (Å²) in [4.78, 5) is 32.1. The van der Waals surface area contributed by atoms with E-state index in [4.69, 9.17) is 0 Å². The van der Waals surface area contributed by atoms with Gasteiger partial charge in [0.2, 0.25) is 5.91 Å². The number of fused-ring (bicyclic) bond motifs is 1. The maximum Gasteiger partial charge on any atom is 0.257 e. The van der Waals surface area contributed by atoms with Gasteiger partial charge in [-0.1, -0.05) is 30.0 Å². The summed E-state index contributed by atoms with van der Waals surface area (Å²) in [5, 5.41) is 3.00. The number of aromatic amines is 1. The molecule has 4 rings (SSSR count). The number of nitrogens with zero attached hydrogens (tertiary/aromatic N) is 1. The number of H-pyrrole nitrogens is 1. The molecule has 29 heavy (non-hydrogen) atoms. The minimum atomic E-state index is -0.525. The predicted octanol–water partition coefficient (Wildman–Crippen LogP) is 4.58. The minimum absolute atomic E-state index is 0.0674. The molecule has 3 aromatic rings. The second-order valence-corrected chi connectivity index (χ2v) is 8.35. The average Bonchev–Trinajstić information content (AvgIpc) is 2.68. The SMILES string of the molecule is O=C1CC(c2ccc(F)c(Br)c2)c2c(nc(SCc3ccc(F)cc3)[nH]c2=O)N1. The van der Waals surface area contributed by atoms with Crippen molar-refractivity contribution >= 4 is 39.4 Å². The maximum absolute atomic E-state index is 13.6. The number of thioether (sulfide) groups is 1. The zero-order valence-electron chi connectivity index (χ0n) is 14.8. The van der Waals surface area contributed by atoms with E-state index < -0.39 is 11.7 Å². The number of amides is 1. The lowest BCUT2D eigenvalue weighted by atomic mass is 9.87. The first-order valence-corrected chi connectivity index (χ1v) is 10.4. The number of benzene rings is 2. The normalized spacial score (nSPS) is 15.7. The van der Waals surface area contributed by atoms with Gasteiger partial charge in [0, 0.05) is 18.1 Å². The first-order chi connectivity index (χ1) is 13.9. The van der Waals surface area contributed by atoms with Crippen LogP contribution in [0.4, 0.5) is 14.6 Å². The number of aromatic nitrogens is 2. The highest BCUT2D eigenvalue weighted by Gasteiger charge is 2.31. The molecule has 1 unspecified atom stereocenters. The van der Waals surface area contributed by atoms with E-state index in [2.05, 4.69) is 31.2 Å². The molecule has 2 aromatic carbocycles. The van der Waals surface area contributed by atoms with Crippen LogP contribution in [0.25, 0.3) is 0 Å². The van der Waals surface area contributed by atoms with Gasteiger partial charge in [0.25, 0.3) is 5.56 Å². The van der Waals surface area contributed by atoms with Crippen molar-refractivity contribution in [2.75, 3.05) is 5.32 Å². The summed E-state index contributed by atoms with van der Waals surface area (Å²) in [6.07, 6.45) is 0.0674. The lowest BCUT2D eigenvalue weighted by Gasteiger charge is -2.24. The molecule has 0 fully saturated rings. The summed E-state index contributed by atoms with van der Waals surface area (Å²) in [6.45, 7) is 0. The van der Waals surface area contributed by atoms with Gasteiger partial charge < -0.3 is 10.3 Å². The summed E-state index contributed by atoms with van der Waals surface area (Å²) < 4.78 is 26.9. The summed E-state index contributed by atoms with van der Waals surface area (Å²) in [5.41, 5.74) is 1.50. The van der Waals surface area contributed by atoms with E-state index in [0.29, 0.717) is 22.0 Å². The Kier molecular flexibility index (Phi) is 5.51. The molecule has 2 heterocycles. The Morgan fingerprint density at radius 1 is 1.14 bits per heavy atom. The highest BCUT2D eigenvalue weighted by atomic mass is 79.9. The van der Waals surface area contributed by atoms with Gasteiger partial charge in [-0.15, -0.1) is 0 Å². The second kappa shape index (κ2) is 8.08. The summed E-state index contributed by atoms with van der Waals surface area (Å²) in [5.74, 6) is -0.853. The zero-order valence-corrected chi connectivity index (χ0v) is 17.2. The van der Waals surface area contributed by atoms with Crippen molar-refractivity contribution < 1.29 is 13.6 Å². The predicted molar refractivity (Wildman–Crippen MR) is 110 cm³/mol. The quantitative estimate of drug-likeness (QED) is 0.426. The Labute approximate surface area is 177 Å². The molecule has 2 N–H and O–H groups in total. The summed E-state index contributed by atoms with van der Waals surface area (Å²) in [7, 11) is 0. The van der Waals surface area contributed by atoms with E-state index in [1.807, 2.05) is 0 Å². The first kappa shape index (κ1) is 19.8. The standard InChI is InChI=1S/C20H14BrF2N3O2S/c21-14-7-11(3-6-15(14)23)13-8-16(27)24-18-17(13)19(28)26-20(25-18)29-9-10-1-4-12(22)5-2-10/h1-7,13H,8-9H2,(H2,24,25,26,27,28). The molecular weight excluding hydrogens is 464 g/mol. The van der Waals surface area contributed by atoms with Gasteiger partial charge in [-0.2, -0.15) is 0 Å². The Hall–Kier alpha value is -2.52. The highest BCUT2D eigenvalue weighted by molar-refractivity contribution is 9.10. The van der Waals surface area contributed by atoms with Crippen molar-refractivity contribution in [1.82, 2.24) is 9.97 Å². The smallest absolute Gasteiger partial charge is 0.257 e. The fourth-order valence-corrected chi connectivity index (χ4v) is 4.38. The molecule has 5 nitrogen and oxygen atoms in total. The van der Waals surface area contributed by atoms with Crippen LogP contribution in [0.15, 0.2) is 56.9 Å². The Bertz CT molecular complexity index is 1150. The third-order valence-corrected chi connectivity index (χ3v) is 6.12. The van der Waals surface area contributed by atoms with Crippen molar-refractivity contribution in [1.29, 1.82) is 0 Å². The molecule has 0 spiro atoms. The third kappa shape index (κ3) is 4.25. The van der Waals surface area contributed by atoms with Crippen LogP contribution in [0.5, 0.6) is 0 Å². The first-order valence-electron chi connectivity index (χ1n) is 8.67. The Morgan fingerprint density at radius 2 is 1.90 bits per heavy atom. The van der Waals surface area contributed by atoms with Crippen LogP contribution in [0, 0.1) is 11.6 Å². The number of hydrogen-bond donors (Lipinski definition) is 2. The Balaban J connectivity index is 1.65. The van der Waals surface area contributed by atoms with Crippen LogP contribution in [-0.4, -0.2) is 15.9 Å². The molecule has 0 bridgehead atoms. The fraction of sp³-hybridized carbons (Fsp3) is 0.150. The van der Waals surface area contributed by atoms with Crippen molar-refractivity contribution in [3.63, 3.8) is 0 Å². The largest absolute Gasteiger partial charge is 0.310 e. The number of rotatable bonds is 4. The number of carbonyl (C=O) groups excluding carboxylic acids is 1. The van der Waals surface area contributed by atoms with Crippen molar-refractivity contribution in [2.45, 2.75) is 23.2 Å². The van der Waals surface area contributed by atoms with Crippen molar-refractivity contribution in [2.24, 2.45) is 0 Å². The van der Waals surface area contributed by atoms with E-state index in [9.17, 15) is 18.4 Å². The van der Waals surface area contributed by atoms with Gasteiger partial charge in [-0.25, -0.2) is 13.8 Å². The molecule has 0 aliphatic carbocycles. The third-order valence-electron chi connectivity index (χ3n) is 4.56. The number of nitrogens with one attached hydrogen (secondary N) is 2. The van der Waals surface area contributed by atoms with Gasteiger partial charge >= 0.3 is 0 Å². The van der Waals surface area contributed by atoms with Gasteiger partial charge in [0.15, 0.2) is 5.16 Å². The molecule has 0 saturated heterocycles. The topological polar surface area (TPSA) is 74.8 Å². The van der Waals surface area contributed by atoms with Crippen LogP contribution in [0.2, 0.25) is 0 Å². The molecule has 1 atom stereocenters. The zero-order chi connectivity index (χ0) is 20.5. The van der Waals surface area contributed by atoms with Crippen LogP contribution in [-0.2, 0) is 10.5 Å². The Morgan fingerprint density at radius 3 is 2.62 bits per heavy atom. The van der Waals surface area contributed by atoms with Gasteiger partial charge in [-0.05, 0) is 51.3 Å². The monoisotopic (exact) mass is 477 g/mol. The van der Waals surface area contributed by atoms with E-state index in [1.165, 1.54) is 30.0 Å². The van der Waals surface area contributed by atoms with Gasteiger partial charge in [0.05, 0.1) is 10.0 Å². The molecule has 1 amide bonds. The maximum atomic E-state index is 13.6. The molecule has 1 aromatic heterocycles. The minimum Gasteiger partial charge on any atom is -0.310 e. The lowest BCUT2D eigenvalue weighted by molar-refractivity contribution is -0.116. The van der Waals surface area contributed by atoms with Crippen LogP contribution in [0.1, 0.15) is 29.0 Å². The van der Waals surface area contributed by atoms with E-state index >= 15 is 0 Å². The van der Waals surface area contributed by atoms with Crippen LogP contribution >= 0.6 is 27.7 Å². The molecule has 9 heteroatoms. The molecule has 1 aliphatic heterocycles. The second-order valence-electron chi connectivity index (χ2n) is 6.53. The number of carbonyl (C=O) groups is 1. The molecule has 0 saturated carbocycles. The summed E-state index contributed by atoms with van der Waals surface area (Å²) in [6, 6.07) is 10.5. The molecule has 0 radical (unpaired) electrons. The van der Waals surface area contributed by atoms with Gasteiger partial charge in [-0.3, -0.25) is 9.59 Å². The molecular formula is C20H14BrF2N3O2S. The molecule has 1 aliphatic rings. The van der Waals surface area contributed by atoms with Crippen molar-refractivity contribution in [3.8, 4) is 0 Å². The van der Waals surface area contributed by atoms with Crippen LogP contribution < -0.4 is 10.9 Å². The van der Waals surface area contributed by atoms with E-state index in [0.717, 1.165) is 5.56 Å². The molecule has 148 valence electrons.